The van der Waals surface area contributed by atoms with Gasteiger partial charge in [-0.15, -0.1) is 0 Å². The fourth-order valence-corrected chi connectivity index (χ4v) is 9.48. The highest BCUT2D eigenvalue weighted by Gasteiger charge is 2.40. The summed E-state index contributed by atoms with van der Waals surface area (Å²) < 4.78 is 0. The van der Waals surface area contributed by atoms with Crippen molar-refractivity contribution >= 4 is 12.2 Å². The minimum Gasteiger partial charge on any atom is -0.481 e. The molecule has 5 aliphatic rings. The van der Waals surface area contributed by atoms with Crippen LogP contribution in [0, 0.1) is 23.7 Å². The molecule has 0 amide bonds. The predicted octanol–water partition coefficient (Wildman–Crippen LogP) is 2.92. The molecule has 0 saturated carbocycles. The molecule has 2 fully saturated rings. The maximum Gasteiger partial charge on any atom is 0.306 e. The SMILES string of the molecule is C[C@@H]1N[C@H](CC[C@H]2CCC[C@@H]3CC#Cc4c(cccc4C[C@H]4C[C@@](C)(C[C@H](N)N4)NC[C@](O)(CC(=O)O)CC3)C2)[C@@H](N2CC=NC2)C[C@H]1O. The summed E-state index contributed by atoms with van der Waals surface area (Å²) in [7, 11) is 0. The van der Waals surface area contributed by atoms with Crippen molar-refractivity contribution in [1.29, 1.82) is 0 Å². The van der Waals surface area contributed by atoms with Crippen LogP contribution in [-0.4, -0.2) is 99.7 Å². The molecule has 4 bridgehead atoms. The molecule has 6 rings (SSSR count). The lowest BCUT2D eigenvalue weighted by atomic mass is 9.79. The molecule has 49 heavy (non-hydrogen) atoms. The Balaban J connectivity index is 1.28. The van der Waals surface area contributed by atoms with E-state index in [-0.39, 0.29) is 48.9 Å². The standard InChI is InChI=1S/C39H60N6O4/c1-26-35(46)20-34(45-17-16-41-25-45)33(43-26)13-12-28-8-3-6-27-7-4-11-32-29(18-28)9-5-10-30(32)19-31-21-38(2,22-36(40)44-31)42-24-39(49,15-14-27)23-37(47)48/h5,9-10,16,26-28,31,33-36,42-44,46,49H,3,6-8,12-15,17-25,40H2,1-2H3,(H,47,48)/t26-,27+,28+,31-,33+,34-,35+,36+,38-,39+/m0/s1. The van der Waals surface area contributed by atoms with Crippen LogP contribution in [0.5, 0.6) is 0 Å². The van der Waals surface area contributed by atoms with Gasteiger partial charge in [0.05, 0.1) is 31.0 Å². The van der Waals surface area contributed by atoms with E-state index in [0.717, 1.165) is 77.2 Å². The molecule has 0 unspecified atom stereocenters. The van der Waals surface area contributed by atoms with Crippen molar-refractivity contribution in [3.05, 3.63) is 34.9 Å². The third-order valence-electron chi connectivity index (χ3n) is 12.3. The molecule has 2 saturated heterocycles. The lowest BCUT2D eigenvalue weighted by Gasteiger charge is -2.44. The van der Waals surface area contributed by atoms with E-state index in [1.165, 1.54) is 16.7 Å². The third-order valence-corrected chi connectivity index (χ3v) is 12.3. The van der Waals surface area contributed by atoms with Crippen molar-refractivity contribution < 1.29 is 20.1 Å². The zero-order valence-corrected chi connectivity index (χ0v) is 29.7. The van der Waals surface area contributed by atoms with Gasteiger partial charge in [0.15, 0.2) is 0 Å². The quantitative estimate of drug-likeness (QED) is 0.225. The predicted molar refractivity (Wildman–Crippen MR) is 193 cm³/mol. The van der Waals surface area contributed by atoms with Crippen molar-refractivity contribution in [3.63, 3.8) is 0 Å². The number of fused-ring (bicyclic) bond motifs is 4. The number of carboxylic acid groups (broad SMARTS) is 1. The number of carboxylic acids is 1. The smallest absolute Gasteiger partial charge is 0.306 e. The number of carbonyl (C=O) groups is 1. The molecule has 1 aliphatic carbocycles. The fourth-order valence-electron chi connectivity index (χ4n) is 9.48. The zero-order valence-electron chi connectivity index (χ0n) is 29.7. The molecule has 1 aromatic rings. The monoisotopic (exact) mass is 676 g/mol. The number of β-amino-alcohol motifs (C(OH)–C–C–N with tert-alkyl or cyclic N) is 1. The summed E-state index contributed by atoms with van der Waals surface area (Å²) in [6, 6.07) is 7.48. The summed E-state index contributed by atoms with van der Waals surface area (Å²) in [6.45, 7) is 6.04. The van der Waals surface area contributed by atoms with Gasteiger partial charge in [-0.3, -0.25) is 20.0 Å². The van der Waals surface area contributed by atoms with Gasteiger partial charge in [-0.25, -0.2) is 0 Å². The summed E-state index contributed by atoms with van der Waals surface area (Å²) in [5.41, 5.74) is 8.66. The lowest BCUT2D eigenvalue weighted by Crippen LogP contribution is -2.63. The van der Waals surface area contributed by atoms with Gasteiger partial charge in [-0.1, -0.05) is 42.9 Å². The summed E-state index contributed by atoms with van der Waals surface area (Å²) in [5, 5.41) is 43.3. The number of aliphatic hydroxyl groups excluding tert-OH is 1. The summed E-state index contributed by atoms with van der Waals surface area (Å²) in [6.07, 6.45) is 12.5. The highest BCUT2D eigenvalue weighted by molar-refractivity contribution is 5.68. The van der Waals surface area contributed by atoms with Gasteiger partial charge >= 0.3 is 5.97 Å². The van der Waals surface area contributed by atoms with Gasteiger partial charge < -0.3 is 31.7 Å². The number of aliphatic imine (C=N–C) groups is 1. The summed E-state index contributed by atoms with van der Waals surface area (Å²) >= 11 is 0. The van der Waals surface area contributed by atoms with E-state index in [1.54, 1.807) is 0 Å². The van der Waals surface area contributed by atoms with E-state index in [0.29, 0.717) is 37.4 Å². The number of nitrogens with two attached hydrogens (primary N) is 1. The Labute approximate surface area is 293 Å². The van der Waals surface area contributed by atoms with Gasteiger partial charge in [0.25, 0.3) is 0 Å². The molecular formula is C39H60N6O4. The van der Waals surface area contributed by atoms with Gasteiger partial charge in [0.2, 0.25) is 0 Å². The molecule has 0 aromatic heterocycles. The Bertz CT molecular complexity index is 1390. The number of nitrogens with zero attached hydrogens (tertiary/aromatic N) is 2. The van der Waals surface area contributed by atoms with Crippen LogP contribution in [0.3, 0.4) is 0 Å². The highest BCUT2D eigenvalue weighted by Crippen LogP contribution is 2.34. The Kier molecular flexibility index (Phi) is 11.8. The molecule has 270 valence electrons. The topological polar surface area (TPSA) is 155 Å². The minimum absolute atomic E-state index is 0.0711. The number of hydrogen-bond donors (Lipinski definition) is 7. The van der Waals surface area contributed by atoms with Gasteiger partial charge in [-0.2, -0.15) is 0 Å². The third kappa shape index (κ3) is 9.50. The van der Waals surface area contributed by atoms with Crippen molar-refractivity contribution in [1.82, 2.24) is 20.9 Å². The van der Waals surface area contributed by atoms with E-state index in [9.17, 15) is 20.1 Å². The molecule has 1 aromatic carbocycles. The molecule has 10 nitrogen and oxygen atoms in total. The van der Waals surface area contributed by atoms with Crippen molar-refractivity contribution in [2.45, 2.75) is 151 Å². The molecule has 10 atom stereocenters. The van der Waals surface area contributed by atoms with Gasteiger partial charge in [-0.05, 0) is 101 Å². The first-order valence-electron chi connectivity index (χ1n) is 18.9. The normalized spacial score (nSPS) is 39.0. The van der Waals surface area contributed by atoms with E-state index in [1.807, 2.05) is 6.21 Å². The van der Waals surface area contributed by atoms with Crippen LogP contribution in [-0.2, 0) is 17.6 Å². The summed E-state index contributed by atoms with van der Waals surface area (Å²) in [4.78, 5) is 18.8. The number of nitrogens with one attached hydrogen (secondary N) is 3. The van der Waals surface area contributed by atoms with Gasteiger partial charge in [0, 0.05) is 61.0 Å². The first-order chi connectivity index (χ1) is 23.5. The van der Waals surface area contributed by atoms with Crippen LogP contribution < -0.4 is 21.7 Å². The number of hydrogen-bond acceptors (Lipinski definition) is 9. The number of benzene rings is 1. The first-order valence-corrected chi connectivity index (χ1v) is 18.9. The molecular weight excluding hydrogens is 616 g/mol. The Morgan fingerprint density at radius 1 is 1.14 bits per heavy atom. The average molecular weight is 677 g/mol. The van der Waals surface area contributed by atoms with Crippen molar-refractivity contribution in [2.24, 2.45) is 22.6 Å². The van der Waals surface area contributed by atoms with E-state index in [4.69, 9.17) is 5.73 Å². The molecule has 10 heteroatoms. The Morgan fingerprint density at radius 3 is 2.73 bits per heavy atom. The largest absolute Gasteiger partial charge is 0.481 e. The second-order valence-corrected chi connectivity index (χ2v) is 16.4. The maximum atomic E-state index is 11.9. The maximum absolute atomic E-state index is 11.9. The van der Waals surface area contributed by atoms with Crippen LogP contribution in [0.25, 0.3) is 0 Å². The number of aliphatic carboxylic acids is 1. The Hall–Kier alpha value is -2.36. The number of piperidine rings is 2. The van der Waals surface area contributed by atoms with E-state index in [2.05, 4.69) is 69.7 Å². The second-order valence-electron chi connectivity index (χ2n) is 16.4. The Morgan fingerprint density at radius 2 is 1.96 bits per heavy atom. The molecule has 4 heterocycles. The van der Waals surface area contributed by atoms with Crippen LogP contribution in [0.1, 0.15) is 108 Å². The molecule has 0 radical (unpaired) electrons. The van der Waals surface area contributed by atoms with Crippen LogP contribution >= 0.6 is 0 Å². The zero-order chi connectivity index (χ0) is 34.6. The summed E-state index contributed by atoms with van der Waals surface area (Å²) in [5.74, 6) is 7.04. The number of aliphatic hydroxyl groups is 2. The lowest BCUT2D eigenvalue weighted by molar-refractivity contribution is -0.143. The molecule has 4 aliphatic heterocycles. The van der Waals surface area contributed by atoms with Crippen LogP contribution in [0.2, 0.25) is 0 Å². The van der Waals surface area contributed by atoms with E-state index < -0.39 is 11.6 Å². The van der Waals surface area contributed by atoms with E-state index >= 15 is 0 Å². The molecule has 8 N–H and O–H groups in total. The molecule has 0 spiro atoms. The van der Waals surface area contributed by atoms with Gasteiger partial charge in [0.1, 0.15) is 0 Å². The van der Waals surface area contributed by atoms with Crippen LogP contribution in [0.4, 0.5) is 0 Å². The van der Waals surface area contributed by atoms with Crippen LogP contribution in [0.15, 0.2) is 23.2 Å². The fraction of sp³-hybridized carbons (Fsp3) is 0.744. The highest BCUT2D eigenvalue weighted by atomic mass is 16.4. The average Bonchev–Trinajstić information content (AvgIpc) is 3.56. The number of rotatable bonds is 6. The van der Waals surface area contributed by atoms with Crippen molar-refractivity contribution in [3.8, 4) is 11.8 Å². The minimum atomic E-state index is -1.34. The second kappa shape index (κ2) is 15.9. The van der Waals surface area contributed by atoms with Crippen molar-refractivity contribution in [2.75, 3.05) is 19.8 Å². The first kappa shape index (κ1) is 36.4.